The van der Waals surface area contributed by atoms with Crippen molar-refractivity contribution in [1.82, 2.24) is 20.2 Å². The van der Waals surface area contributed by atoms with Crippen LogP contribution in [0.3, 0.4) is 0 Å². The van der Waals surface area contributed by atoms with E-state index in [-0.39, 0.29) is 0 Å². The second-order valence-electron chi connectivity index (χ2n) is 5.03. The van der Waals surface area contributed by atoms with Crippen LogP contribution in [0.25, 0.3) is 0 Å². The molecule has 5 nitrogen and oxygen atoms in total. The lowest BCUT2D eigenvalue weighted by Gasteiger charge is -2.36. The van der Waals surface area contributed by atoms with Gasteiger partial charge in [-0.05, 0) is 39.5 Å². The molecular formula is C13H23N5. The number of hydrogen-bond acceptors (Lipinski definition) is 5. The number of anilines is 1. The standard InChI is InChI=1S/C13H23N5/c1-14-9-12-15-7-6-13(16-12)18(3)11-5-4-8-17(2)10-11/h6-7,11,14H,4-5,8-10H2,1-3H3. The average Bonchev–Trinajstić information content (AvgIpc) is 2.39. The third kappa shape index (κ3) is 3.17. The van der Waals surface area contributed by atoms with Crippen molar-refractivity contribution in [1.29, 1.82) is 0 Å². The number of likely N-dealkylation sites (N-methyl/N-ethyl adjacent to an activating group) is 2. The monoisotopic (exact) mass is 249 g/mol. The van der Waals surface area contributed by atoms with Gasteiger partial charge in [0.2, 0.25) is 0 Å². The Morgan fingerprint density at radius 3 is 3.11 bits per heavy atom. The molecule has 0 radical (unpaired) electrons. The van der Waals surface area contributed by atoms with Gasteiger partial charge in [0, 0.05) is 25.8 Å². The Morgan fingerprint density at radius 2 is 2.39 bits per heavy atom. The van der Waals surface area contributed by atoms with Crippen molar-refractivity contribution in [3.05, 3.63) is 18.1 Å². The van der Waals surface area contributed by atoms with Crippen molar-refractivity contribution in [3.8, 4) is 0 Å². The molecule has 1 aromatic heterocycles. The summed E-state index contributed by atoms with van der Waals surface area (Å²) in [6.07, 6.45) is 4.35. The minimum absolute atomic E-state index is 0.557. The maximum atomic E-state index is 4.60. The van der Waals surface area contributed by atoms with E-state index in [1.807, 2.05) is 19.3 Å². The maximum Gasteiger partial charge on any atom is 0.144 e. The minimum Gasteiger partial charge on any atom is -0.355 e. The molecule has 2 rings (SSSR count). The molecule has 1 aliphatic rings. The number of hydrogen-bond donors (Lipinski definition) is 1. The highest BCUT2D eigenvalue weighted by Gasteiger charge is 2.22. The van der Waals surface area contributed by atoms with Gasteiger partial charge in [-0.15, -0.1) is 0 Å². The maximum absolute atomic E-state index is 4.60. The third-order valence-corrected chi connectivity index (χ3v) is 3.53. The summed E-state index contributed by atoms with van der Waals surface area (Å²) in [5.74, 6) is 1.88. The van der Waals surface area contributed by atoms with E-state index in [1.165, 1.54) is 19.4 Å². The Kier molecular flexibility index (Phi) is 4.49. The summed E-state index contributed by atoms with van der Waals surface area (Å²) in [5, 5.41) is 3.08. The fourth-order valence-electron chi connectivity index (χ4n) is 2.47. The van der Waals surface area contributed by atoms with Gasteiger partial charge in [0.1, 0.15) is 11.6 Å². The van der Waals surface area contributed by atoms with E-state index in [4.69, 9.17) is 0 Å². The second kappa shape index (κ2) is 6.11. The van der Waals surface area contributed by atoms with Gasteiger partial charge in [-0.1, -0.05) is 0 Å². The van der Waals surface area contributed by atoms with E-state index >= 15 is 0 Å². The van der Waals surface area contributed by atoms with Crippen LogP contribution in [-0.4, -0.2) is 55.1 Å². The van der Waals surface area contributed by atoms with Gasteiger partial charge in [0.15, 0.2) is 0 Å². The largest absolute Gasteiger partial charge is 0.355 e. The van der Waals surface area contributed by atoms with Crippen LogP contribution >= 0.6 is 0 Å². The van der Waals surface area contributed by atoms with Crippen LogP contribution in [0.2, 0.25) is 0 Å². The number of nitrogens with zero attached hydrogens (tertiary/aromatic N) is 4. The molecule has 18 heavy (non-hydrogen) atoms. The first kappa shape index (κ1) is 13.2. The minimum atomic E-state index is 0.557. The predicted molar refractivity (Wildman–Crippen MR) is 73.7 cm³/mol. The Bertz CT molecular complexity index is 381. The van der Waals surface area contributed by atoms with Crippen molar-refractivity contribution in [2.75, 3.05) is 39.1 Å². The van der Waals surface area contributed by atoms with E-state index in [0.29, 0.717) is 12.6 Å². The van der Waals surface area contributed by atoms with Crippen LogP contribution in [0.1, 0.15) is 18.7 Å². The van der Waals surface area contributed by atoms with Crippen molar-refractivity contribution < 1.29 is 0 Å². The molecule has 0 amide bonds. The lowest BCUT2D eigenvalue weighted by Crippen LogP contribution is -2.45. The first-order valence-electron chi connectivity index (χ1n) is 6.58. The third-order valence-electron chi connectivity index (χ3n) is 3.53. The van der Waals surface area contributed by atoms with Crippen LogP contribution in [0.15, 0.2) is 12.3 Å². The zero-order valence-corrected chi connectivity index (χ0v) is 11.6. The number of rotatable bonds is 4. The van der Waals surface area contributed by atoms with Crippen molar-refractivity contribution in [3.63, 3.8) is 0 Å². The first-order valence-corrected chi connectivity index (χ1v) is 6.58. The van der Waals surface area contributed by atoms with Crippen molar-refractivity contribution >= 4 is 5.82 Å². The zero-order valence-electron chi connectivity index (χ0n) is 11.6. The molecule has 1 N–H and O–H groups in total. The molecule has 0 aliphatic carbocycles. The van der Waals surface area contributed by atoms with Gasteiger partial charge < -0.3 is 15.1 Å². The Balaban J connectivity index is 2.07. The highest BCUT2D eigenvalue weighted by Crippen LogP contribution is 2.18. The lowest BCUT2D eigenvalue weighted by atomic mass is 10.1. The normalized spacial score (nSPS) is 20.9. The molecule has 5 heteroatoms. The van der Waals surface area contributed by atoms with Crippen LogP contribution in [0.5, 0.6) is 0 Å². The summed E-state index contributed by atoms with van der Waals surface area (Å²) in [5.41, 5.74) is 0. The van der Waals surface area contributed by atoms with Crippen LogP contribution in [0.4, 0.5) is 5.82 Å². The van der Waals surface area contributed by atoms with E-state index in [9.17, 15) is 0 Å². The number of aromatic nitrogens is 2. The number of likely N-dealkylation sites (tertiary alicyclic amines) is 1. The average molecular weight is 249 g/mol. The van der Waals surface area contributed by atoms with Gasteiger partial charge in [-0.2, -0.15) is 0 Å². The van der Waals surface area contributed by atoms with Gasteiger partial charge in [-0.25, -0.2) is 9.97 Å². The fourth-order valence-corrected chi connectivity index (χ4v) is 2.47. The fraction of sp³-hybridized carbons (Fsp3) is 0.692. The Hall–Kier alpha value is -1.20. The van der Waals surface area contributed by atoms with Gasteiger partial charge in [0.25, 0.3) is 0 Å². The van der Waals surface area contributed by atoms with Crippen LogP contribution in [-0.2, 0) is 6.54 Å². The van der Waals surface area contributed by atoms with Gasteiger partial charge >= 0.3 is 0 Å². The van der Waals surface area contributed by atoms with Crippen molar-refractivity contribution in [2.45, 2.75) is 25.4 Å². The molecule has 1 fully saturated rings. The molecular weight excluding hydrogens is 226 g/mol. The van der Waals surface area contributed by atoms with E-state index in [2.05, 4.69) is 39.2 Å². The molecule has 100 valence electrons. The highest BCUT2D eigenvalue weighted by molar-refractivity contribution is 5.38. The summed E-state index contributed by atoms with van der Waals surface area (Å²) in [6.45, 7) is 3.03. The van der Waals surface area contributed by atoms with Gasteiger partial charge in [-0.3, -0.25) is 0 Å². The van der Waals surface area contributed by atoms with Crippen LogP contribution in [0, 0.1) is 0 Å². The molecule has 1 aromatic rings. The molecule has 1 aliphatic heterocycles. The SMILES string of the molecule is CNCc1nccc(N(C)C2CCCN(C)C2)n1. The molecule has 1 unspecified atom stereocenters. The zero-order chi connectivity index (χ0) is 13.0. The molecule has 0 spiro atoms. The Morgan fingerprint density at radius 1 is 1.56 bits per heavy atom. The molecule has 1 atom stereocenters. The van der Waals surface area contributed by atoms with Crippen molar-refractivity contribution in [2.24, 2.45) is 0 Å². The number of piperidine rings is 1. The first-order chi connectivity index (χ1) is 8.70. The lowest BCUT2D eigenvalue weighted by molar-refractivity contribution is 0.247. The summed E-state index contributed by atoms with van der Waals surface area (Å²) in [4.78, 5) is 13.5. The molecule has 1 saturated heterocycles. The van der Waals surface area contributed by atoms with Crippen LogP contribution < -0.4 is 10.2 Å². The van der Waals surface area contributed by atoms with Gasteiger partial charge in [0.05, 0.1) is 6.54 Å². The second-order valence-corrected chi connectivity index (χ2v) is 5.03. The molecule has 2 heterocycles. The molecule has 0 saturated carbocycles. The summed E-state index contributed by atoms with van der Waals surface area (Å²) >= 11 is 0. The quantitative estimate of drug-likeness (QED) is 0.852. The topological polar surface area (TPSA) is 44.3 Å². The summed E-state index contributed by atoms with van der Waals surface area (Å²) < 4.78 is 0. The smallest absolute Gasteiger partial charge is 0.144 e. The van der Waals surface area contributed by atoms with E-state index in [0.717, 1.165) is 18.2 Å². The van der Waals surface area contributed by atoms with E-state index < -0.39 is 0 Å². The Labute approximate surface area is 109 Å². The summed E-state index contributed by atoms with van der Waals surface area (Å²) in [7, 11) is 6.23. The number of nitrogens with one attached hydrogen (secondary N) is 1. The predicted octanol–water partition coefficient (Wildman–Crippen LogP) is 0.726. The van der Waals surface area contributed by atoms with E-state index in [1.54, 1.807) is 0 Å². The highest BCUT2D eigenvalue weighted by atomic mass is 15.2. The molecule has 0 aromatic carbocycles. The molecule has 0 bridgehead atoms. The summed E-state index contributed by atoms with van der Waals surface area (Å²) in [6, 6.07) is 2.55.